The molecule has 1 aromatic carbocycles. The molecule has 26 heavy (non-hydrogen) atoms. The number of Topliss-reactive ketones (excluding diaryl/α,β-unsaturated/α-hetero) is 1. The number of anilines is 1. The summed E-state index contributed by atoms with van der Waals surface area (Å²) in [5.41, 5.74) is 0.669. The molecule has 138 valence electrons. The van der Waals surface area contributed by atoms with E-state index < -0.39 is 0 Å². The van der Waals surface area contributed by atoms with Crippen molar-refractivity contribution in [3.8, 4) is 5.75 Å². The van der Waals surface area contributed by atoms with Gasteiger partial charge < -0.3 is 14.5 Å². The number of piperazine rings is 1. The minimum absolute atomic E-state index is 0.0163. The quantitative estimate of drug-likeness (QED) is 0.761. The lowest BCUT2D eigenvalue weighted by atomic mass is 10.2. The number of ketones is 1. The van der Waals surface area contributed by atoms with Gasteiger partial charge in [-0.1, -0.05) is 12.1 Å². The van der Waals surface area contributed by atoms with E-state index in [0.29, 0.717) is 30.3 Å². The summed E-state index contributed by atoms with van der Waals surface area (Å²) in [6, 6.07) is 10.7. The van der Waals surface area contributed by atoms with Gasteiger partial charge in [0.2, 0.25) is 11.7 Å². The number of ether oxygens (including phenoxy) is 1. The van der Waals surface area contributed by atoms with Crippen LogP contribution in [0.25, 0.3) is 0 Å². The first-order valence-electron chi connectivity index (χ1n) is 8.60. The lowest BCUT2D eigenvalue weighted by Crippen LogP contribution is -2.49. The van der Waals surface area contributed by atoms with Crippen molar-refractivity contribution in [2.45, 2.75) is 0 Å². The van der Waals surface area contributed by atoms with Crippen LogP contribution >= 0.6 is 0 Å². The summed E-state index contributed by atoms with van der Waals surface area (Å²) in [5, 5.41) is 2.88. The molecular formula is C19H23N3O4. The standard InChI is InChI=1S/C19H23N3O4/c1-25-17-6-3-2-5-15(17)20-19(24)14-22-10-8-21(9-11-22)13-16(23)18-7-4-12-26-18/h2-7,12H,8-11,13-14H2,1H3,(H,20,24). The number of furan rings is 1. The lowest BCUT2D eigenvalue weighted by Gasteiger charge is -2.33. The molecular weight excluding hydrogens is 334 g/mol. The predicted octanol–water partition coefficient (Wildman–Crippen LogP) is 1.73. The fraction of sp³-hybridized carbons (Fsp3) is 0.368. The summed E-state index contributed by atoms with van der Waals surface area (Å²) in [4.78, 5) is 28.5. The van der Waals surface area contributed by atoms with Crippen LogP contribution in [0.2, 0.25) is 0 Å². The van der Waals surface area contributed by atoms with Crippen molar-refractivity contribution in [1.82, 2.24) is 9.80 Å². The van der Waals surface area contributed by atoms with Crippen molar-refractivity contribution in [2.24, 2.45) is 0 Å². The number of benzene rings is 1. The topological polar surface area (TPSA) is 75.0 Å². The molecule has 7 heteroatoms. The Hall–Kier alpha value is -2.64. The Morgan fingerprint density at radius 1 is 1.04 bits per heavy atom. The zero-order chi connectivity index (χ0) is 18.4. The average molecular weight is 357 g/mol. The van der Waals surface area contributed by atoms with Gasteiger partial charge in [-0.3, -0.25) is 19.4 Å². The highest BCUT2D eigenvalue weighted by Gasteiger charge is 2.22. The lowest BCUT2D eigenvalue weighted by molar-refractivity contribution is -0.117. The van der Waals surface area contributed by atoms with Crippen LogP contribution in [0.3, 0.4) is 0 Å². The van der Waals surface area contributed by atoms with Crippen LogP contribution < -0.4 is 10.1 Å². The number of methoxy groups -OCH3 is 1. The summed E-state index contributed by atoms with van der Waals surface area (Å²) in [7, 11) is 1.58. The van der Waals surface area contributed by atoms with E-state index >= 15 is 0 Å². The van der Waals surface area contributed by atoms with Gasteiger partial charge in [0.1, 0.15) is 5.75 Å². The number of para-hydroxylation sites is 2. The number of hydrogen-bond acceptors (Lipinski definition) is 6. The molecule has 0 saturated carbocycles. The third kappa shape index (κ3) is 4.71. The number of amides is 1. The molecule has 1 aromatic heterocycles. The van der Waals surface area contributed by atoms with Gasteiger partial charge in [0, 0.05) is 26.2 Å². The van der Waals surface area contributed by atoms with E-state index in [2.05, 4.69) is 15.1 Å². The summed E-state index contributed by atoms with van der Waals surface area (Å²) in [6.45, 7) is 3.63. The molecule has 0 unspecified atom stereocenters. The molecule has 1 N–H and O–H groups in total. The molecule has 1 aliphatic rings. The molecule has 1 fully saturated rings. The Kier molecular flexibility index (Phi) is 6.04. The van der Waals surface area contributed by atoms with Gasteiger partial charge in [0.25, 0.3) is 0 Å². The highest BCUT2D eigenvalue weighted by atomic mass is 16.5. The largest absolute Gasteiger partial charge is 0.495 e. The molecule has 0 aliphatic carbocycles. The van der Waals surface area contributed by atoms with Crippen molar-refractivity contribution in [2.75, 3.05) is 51.7 Å². The monoisotopic (exact) mass is 357 g/mol. The molecule has 0 bridgehead atoms. The zero-order valence-corrected chi connectivity index (χ0v) is 14.8. The van der Waals surface area contributed by atoms with E-state index in [1.807, 2.05) is 24.3 Å². The van der Waals surface area contributed by atoms with E-state index in [4.69, 9.17) is 9.15 Å². The van der Waals surface area contributed by atoms with Crippen LogP contribution in [-0.2, 0) is 4.79 Å². The summed E-state index contributed by atoms with van der Waals surface area (Å²) < 4.78 is 10.4. The highest BCUT2D eigenvalue weighted by molar-refractivity contribution is 5.95. The Morgan fingerprint density at radius 3 is 2.38 bits per heavy atom. The maximum absolute atomic E-state index is 12.3. The predicted molar refractivity (Wildman–Crippen MR) is 97.5 cm³/mol. The van der Waals surface area contributed by atoms with Gasteiger partial charge in [-0.05, 0) is 24.3 Å². The van der Waals surface area contributed by atoms with E-state index in [1.165, 1.54) is 6.26 Å². The summed E-state index contributed by atoms with van der Waals surface area (Å²) in [6.07, 6.45) is 1.51. The van der Waals surface area contributed by atoms with Gasteiger partial charge >= 0.3 is 0 Å². The highest BCUT2D eigenvalue weighted by Crippen LogP contribution is 2.22. The molecule has 0 radical (unpaired) electrons. The Labute approximate surface area is 152 Å². The van der Waals surface area contributed by atoms with Crippen molar-refractivity contribution in [1.29, 1.82) is 0 Å². The zero-order valence-electron chi connectivity index (χ0n) is 14.8. The number of nitrogens with zero attached hydrogens (tertiary/aromatic N) is 2. The van der Waals surface area contributed by atoms with E-state index in [1.54, 1.807) is 19.2 Å². The van der Waals surface area contributed by atoms with Crippen LogP contribution in [0.4, 0.5) is 5.69 Å². The van der Waals surface area contributed by atoms with Crippen molar-refractivity contribution in [3.05, 3.63) is 48.4 Å². The molecule has 0 spiro atoms. The maximum Gasteiger partial charge on any atom is 0.238 e. The SMILES string of the molecule is COc1ccccc1NC(=O)CN1CCN(CC(=O)c2ccco2)CC1. The second-order valence-corrected chi connectivity index (χ2v) is 6.20. The smallest absolute Gasteiger partial charge is 0.238 e. The molecule has 7 nitrogen and oxygen atoms in total. The Balaban J connectivity index is 1.43. The third-order valence-electron chi connectivity index (χ3n) is 4.38. The fourth-order valence-electron chi connectivity index (χ4n) is 2.96. The summed E-state index contributed by atoms with van der Waals surface area (Å²) >= 11 is 0. The number of hydrogen-bond donors (Lipinski definition) is 1. The molecule has 2 heterocycles. The van der Waals surface area contributed by atoms with Crippen LogP contribution in [0, 0.1) is 0 Å². The van der Waals surface area contributed by atoms with Crippen LogP contribution in [0.1, 0.15) is 10.6 Å². The molecule has 1 aliphatic heterocycles. The fourth-order valence-corrected chi connectivity index (χ4v) is 2.96. The van der Waals surface area contributed by atoms with Gasteiger partial charge in [-0.2, -0.15) is 0 Å². The first-order chi connectivity index (χ1) is 12.7. The third-order valence-corrected chi connectivity index (χ3v) is 4.38. The minimum atomic E-state index is -0.0744. The molecule has 0 atom stereocenters. The van der Waals surface area contributed by atoms with Crippen LogP contribution in [0.5, 0.6) is 5.75 Å². The van der Waals surface area contributed by atoms with Gasteiger partial charge in [-0.15, -0.1) is 0 Å². The van der Waals surface area contributed by atoms with Gasteiger partial charge in [-0.25, -0.2) is 0 Å². The molecule has 1 saturated heterocycles. The first kappa shape index (κ1) is 18.2. The summed E-state index contributed by atoms with van der Waals surface area (Å²) in [5.74, 6) is 0.942. The van der Waals surface area contributed by atoms with E-state index in [-0.39, 0.29) is 11.7 Å². The average Bonchev–Trinajstić information content (AvgIpc) is 3.18. The Morgan fingerprint density at radius 2 is 1.73 bits per heavy atom. The van der Waals surface area contributed by atoms with Crippen molar-refractivity contribution >= 4 is 17.4 Å². The van der Waals surface area contributed by atoms with Crippen molar-refractivity contribution < 1.29 is 18.7 Å². The molecule has 1 amide bonds. The minimum Gasteiger partial charge on any atom is -0.495 e. The normalized spacial score (nSPS) is 15.6. The second kappa shape index (κ2) is 8.64. The second-order valence-electron chi connectivity index (χ2n) is 6.20. The van der Waals surface area contributed by atoms with E-state index in [0.717, 1.165) is 26.2 Å². The molecule has 3 rings (SSSR count). The Bertz CT molecular complexity index is 737. The van der Waals surface area contributed by atoms with E-state index in [9.17, 15) is 9.59 Å². The van der Waals surface area contributed by atoms with Gasteiger partial charge in [0.15, 0.2) is 5.76 Å². The molecule has 2 aromatic rings. The number of carbonyl (C=O) groups excluding carboxylic acids is 2. The first-order valence-corrected chi connectivity index (χ1v) is 8.60. The van der Waals surface area contributed by atoms with Crippen molar-refractivity contribution in [3.63, 3.8) is 0 Å². The van der Waals surface area contributed by atoms with Crippen LogP contribution in [-0.4, -0.2) is 67.9 Å². The number of rotatable bonds is 7. The van der Waals surface area contributed by atoms with Gasteiger partial charge in [0.05, 0.1) is 32.1 Å². The number of nitrogens with one attached hydrogen (secondary N) is 1. The van der Waals surface area contributed by atoms with Crippen LogP contribution in [0.15, 0.2) is 47.1 Å². The maximum atomic E-state index is 12.3. The number of carbonyl (C=O) groups is 2.